The molecule has 0 bridgehead atoms. The third-order valence-corrected chi connectivity index (χ3v) is 2.51. The number of nitrogens with one attached hydrogen (secondary N) is 1. The van der Waals surface area contributed by atoms with E-state index in [2.05, 4.69) is 11.9 Å². The third-order valence-electron chi connectivity index (χ3n) is 2.51. The van der Waals surface area contributed by atoms with Crippen LogP contribution in [0.4, 0.5) is 0 Å². The summed E-state index contributed by atoms with van der Waals surface area (Å²) in [5, 5.41) is 12.0. The molecule has 0 aliphatic rings. The van der Waals surface area contributed by atoms with Crippen LogP contribution < -0.4 is 10.1 Å². The summed E-state index contributed by atoms with van der Waals surface area (Å²) in [7, 11) is 0. The van der Waals surface area contributed by atoms with Crippen molar-refractivity contribution < 1.29 is 14.6 Å². The molecule has 0 unspecified atom stereocenters. The molecule has 1 aromatic rings. The molecule has 0 aliphatic carbocycles. The van der Waals surface area contributed by atoms with Gasteiger partial charge in [0.1, 0.15) is 5.75 Å². The first kappa shape index (κ1) is 14.1. The molecule has 0 atom stereocenters. The van der Waals surface area contributed by atoms with E-state index in [0.717, 1.165) is 18.5 Å². The van der Waals surface area contributed by atoms with E-state index in [9.17, 15) is 4.79 Å². The normalized spacial score (nSPS) is 10.8. The van der Waals surface area contributed by atoms with Crippen molar-refractivity contribution in [3.8, 4) is 5.75 Å². The van der Waals surface area contributed by atoms with Crippen LogP contribution in [0.15, 0.2) is 37.0 Å². The van der Waals surface area contributed by atoms with Gasteiger partial charge in [-0.15, -0.1) is 0 Å². The Morgan fingerprint density at radius 2 is 2.06 bits per heavy atom. The average Bonchev–Trinajstić information content (AvgIpc) is 2.31. The van der Waals surface area contributed by atoms with Gasteiger partial charge in [0.05, 0.1) is 0 Å². The summed E-state index contributed by atoms with van der Waals surface area (Å²) in [5.41, 5.74) is -0.0591. The zero-order valence-corrected chi connectivity index (χ0v) is 10.8. The molecule has 2 N–H and O–H groups in total. The highest BCUT2D eigenvalue weighted by molar-refractivity contribution is 5.76. The van der Waals surface area contributed by atoms with Crippen LogP contribution in [0, 0.1) is 0 Å². The van der Waals surface area contributed by atoms with E-state index in [1.54, 1.807) is 18.3 Å². The van der Waals surface area contributed by atoms with Crippen molar-refractivity contribution in [1.82, 2.24) is 5.32 Å². The molecule has 0 fully saturated rings. The standard InChI is InChI=1S/C14H19NO3/c1-4-15-10-9-11-5-7-12(8-6-11)18-14(2,3)13(16)17/h4-8,15H,1,9-10H2,2-3H3,(H,16,17). The Labute approximate surface area is 107 Å². The van der Waals surface area contributed by atoms with Crippen LogP contribution in [-0.4, -0.2) is 23.2 Å². The second kappa shape index (κ2) is 6.10. The van der Waals surface area contributed by atoms with Crippen molar-refractivity contribution in [3.63, 3.8) is 0 Å². The minimum atomic E-state index is -1.22. The van der Waals surface area contributed by atoms with E-state index in [1.807, 2.05) is 12.1 Å². The molecule has 4 heteroatoms. The summed E-state index contributed by atoms with van der Waals surface area (Å²) in [6, 6.07) is 7.43. The summed E-state index contributed by atoms with van der Waals surface area (Å²) < 4.78 is 5.41. The fraction of sp³-hybridized carbons (Fsp3) is 0.357. The van der Waals surface area contributed by atoms with Gasteiger partial charge in [0.15, 0.2) is 5.60 Å². The molecule has 98 valence electrons. The van der Waals surface area contributed by atoms with E-state index in [4.69, 9.17) is 9.84 Å². The molecule has 0 spiro atoms. The molecule has 0 amide bonds. The molecular weight excluding hydrogens is 230 g/mol. The van der Waals surface area contributed by atoms with Crippen LogP contribution in [-0.2, 0) is 11.2 Å². The van der Waals surface area contributed by atoms with E-state index < -0.39 is 11.6 Å². The summed E-state index contributed by atoms with van der Waals surface area (Å²) in [4.78, 5) is 10.9. The van der Waals surface area contributed by atoms with Gasteiger partial charge >= 0.3 is 5.97 Å². The maximum absolute atomic E-state index is 10.9. The highest BCUT2D eigenvalue weighted by Crippen LogP contribution is 2.19. The zero-order valence-electron chi connectivity index (χ0n) is 10.8. The number of carbonyl (C=O) groups is 1. The van der Waals surface area contributed by atoms with Crippen LogP contribution in [0.25, 0.3) is 0 Å². The second-order valence-corrected chi connectivity index (χ2v) is 4.47. The first-order valence-electron chi connectivity index (χ1n) is 5.81. The maximum Gasteiger partial charge on any atom is 0.347 e. The largest absolute Gasteiger partial charge is 0.478 e. The number of rotatable bonds is 7. The summed E-state index contributed by atoms with van der Waals surface area (Å²) in [6.07, 6.45) is 2.54. The van der Waals surface area contributed by atoms with Crippen molar-refractivity contribution in [2.24, 2.45) is 0 Å². The van der Waals surface area contributed by atoms with E-state index >= 15 is 0 Å². The molecular formula is C14H19NO3. The van der Waals surface area contributed by atoms with Gasteiger partial charge in [-0.3, -0.25) is 0 Å². The Bertz CT molecular complexity index is 410. The first-order valence-corrected chi connectivity index (χ1v) is 5.81. The molecule has 0 radical (unpaired) electrons. The van der Waals surface area contributed by atoms with Gasteiger partial charge in [-0.25, -0.2) is 4.79 Å². The van der Waals surface area contributed by atoms with Crippen LogP contribution >= 0.6 is 0 Å². The summed E-state index contributed by atoms with van der Waals surface area (Å²) >= 11 is 0. The number of ether oxygens (including phenoxy) is 1. The van der Waals surface area contributed by atoms with E-state index in [1.165, 1.54) is 13.8 Å². The predicted molar refractivity (Wildman–Crippen MR) is 70.7 cm³/mol. The smallest absolute Gasteiger partial charge is 0.347 e. The fourth-order valence-electron chi connectivity index (χ4n) is 1.38. The van der Waals surface area contributed by atoms with Gasteiger partial charge in [-0.2, -0.15) is 0 Å². The Hall–Kier alpha value is -1.97. The number of carboxylic acid groups (broad SMARTS) is 1. The Morgan fingerprint density at radius 1 is 1.44 bits per heavy atom. The van der Waals surface area contributed by atoms with E-state index in [-0.39, 0.29) is 0 Å². The third kappa shape index (κ3) is 4.13. The Kier molecular flexibility index (Phi) is 4.77. The fourth-order valence-corrected chi connectivity index (χ4v) is 1.38. The molecule has 0 aromatic heterocycles. The van der Waals surface area contributed by atoms with Gasteiger partial charge in [-0.05, 0) is 44.2 Å². The lowest BCUT2D eigenvalue weighted by Crippen LogP contribution is -2.37. The maximum atomic E-state index is 10.9. The number of benzene rings is 1. The van der Waals surface area contributed by atoms with Gasteiger partial charge in [0, 0.05) is 6.54 Å². The molecule has 0 saturated carbocycles. The molecule has 0 saturated heterocycles. The topological polar surface area (TPSA) is 58.6 Å². The van der Waals surface area contributed by atoms with Crippen LogP contribution in [0.1, 0.15) is 19.4 Å². The van der Waals surface area contributed by atoms with Crippen molar-refractivity contribution in [1.29, 1.82) is 0 Å². The Balaban J connectivity index is 2.60. The predicted octanol–water partition coefficient (Wildman–Crippen LogP) is 2.20. The molecule has 1 aromatic carbocycles. The van der Waals surface area contributed by atoms with Crippen molar-refractivity contribution in [2.45, 2.75) is 25.9 Å². The monoisotopic (exact) mass is 249 g/mol. The Morgan fingerprint density at radius 3 is 2.56 bits per heavy atom. The van der Waals surface area contributed by atoms with Gasteiger partial charge in [-0.1, -0.05) is 18.7 Å². The SMILES string of the molecule is C=CNCCc1ccc(OC(C)(C)C(=O)O)cc1. The quantitative estimate of drug-likeness (QED) is 0.727. The highest BCUT2D eigenvalue weighted by atomic mass is 16.5. The number of hydrogen-bond donors (Lipinski definition) is 2. The lowest BCUT2D eigenvalue weighted by Gasteiger charge is -2.21. The molecule has 0 heterocycles. The van der Waals surface area contributed by atoms with E-state index in [0.29, 0.717) is 5.75 Å². The molecule has 0 aliphatic heterocycles. The molecule has 4 nitrogen and oxygen atoms in total. The molecule has 18 heavy (non-hydrogen) atoms. The lowest BCUT2D eigenvalue weighted by atomic mass is 10.1. The van der Waals surface area contributed by atoms with Gasteiger partial charge < -0.3 is 15.2 Å². The van der Waals surface area contributed by atoms with Gasteiger partial charge in [0.2, 0.25) is 0 Å². The average molecular weight is 249 g/mol. The number of hydrogen-bond acceptors (Lipinski definition) is 3. The number of carboxylic acids is 1. The second-order valence-electron chi connectivity index (χ2n) is 4.47. The number of aliphatic carboxylic acids is 1. The van der Waals surface area contributed by atoms with Crippen molar-refractivity contribution in [3.05, 3.63) is 42.6 Å². The zero-order chi connectivity index (χ0) is 13.6. The van der Waals surface area contributed by atoms with Crippen molar-refractivity contribution >= 4 is 5.97 Å². The minimum absolute atomic E-state index is 0.558. The molecule has 1 rings (SSSR count). The summed E-state index contributed by atoms with van der Waals surface area (Å²) in [5.74, 6) is -0.426. The minimum Gasteiger partial charge on any atom is -0.478 e. The lowest BCUT2D eigenvalue weighted by molar-refractivity contribution is -0.152. The van der Waals surface area contributed by atoms with Crippen LogP contribution in [0.5, 0.6) is 5.75 Å². The highest BCUT2D eigenvalue weighted by Gasteiger charge is 2.29. The first-order chi connectivity index (χ1) is 8.45. The van der Waals surface area contributed by atoms with Gasteiger partial charge in [0.25, 0.3) is 0 Å². The van der Waals surface area contributed by atoms with Crippen LogP contribution in [0.2, 0.25) is 0 Å². The van der Waals surface area contributed by atoms with Crippen molar-refractivity contribution in [2.75, 3.05) is 6.54 Å². The summed E-state index contributed by atoms with van der Waals surface area (Å²) in [6.45, 7) is 7.45. The van der Waals surface area contributed by atoms with Crippen LogP contribution in [0.3, 0.4) is 0 Å².